The topological polar surface area (TPSA) is 29.3 Å². The fraction of sp³-hybridized carbons (Fsp3) is 1.00. The van der Waals surface area contributed by atoms with Gasteiger partial charge in [-0.05, 0) is 31.6 Å². The molecule has 0 spiro atoms. The minimum Gasteiger partial charge on any atom is -0.327 e. The van der Waals surface area contributed by atoms with Gasteiger partial charge in [0.2, 0.25) is 0 Å². The second-order valence-corrected chi connectivity index (χ2v) is 5.75. The van der Waals surface area contributed by atoms with Crippen LogP contribution in [0.4, 0.5) is 0 Å². The van der Waals surface area contributed by atoms with Crippen LogP contribution in [0.15, 0.2) is 0 Å². The van der Waals surface area contributed by atoms with E-state index in [0.717, 1.165) is 6.04 Å². The molecule has 1 fully saturated rings. The van der Waals surface area contributed by atoms with Gasteiger partial charge in [-0.15, -0.1) is 0 Å². The summed E-state index contributed by atoms with van der Waals surface area (Å²) in [6, 6.07) is 1.15. The normalized spacial score (nSPS) is 31.7. The molecule has 14 heavy (non-hydrogen) atoms. The van der Waals surface area contributed by atoms with Gasteiger partial charge in [0.15, 0.2) is 0 Å². The second kappa shape index (κ2) is 5.99. The van der Waals surface area contributed by atoms with Crippen LogP contribution in [0, 0.1) is 5.92 Å². The minimum atomic E-state index is 0.428. The van der Waals surface area contributed by atoms with Crippen molar-refractivity contribution in [3.63, 3.8) is 0 Å². The zero-order valence-corrected chi connectivity index (χ0v) is 10.5. The van der Waals surface area contributed by atoms with E-state index in [-0.39, 0.29) is 0 Å². The first-order valence-corrected chi connectivity index (χ1v) is 6.88. The van der Waals surface area contributed by atoms with E-state index in [0.29, 0.717) is 12.0 Å². The van der Waals surface area contributed by atoms with Gasteiger partial charge < -0.3 is 5.73 Å². The van der Waals surface area contributed by atoms with Crippen molar-refractivity contribution in [2.75, 3.05) is 24.6 Å². The van der Waals surface area contributed by atoms with Crippen molar-refractivity contribution >= 4 is 11.8 Å². The van der Waals surface area contributed by atoms with E-state index in [9.17, 15) is 0 Å². The Hall–Kier alpha value is 0.270. The summed E-state index contributed by atoms with van der Waals surface area (Å²) in [6.45, 7) is 9.22. The summed E-state index contributed by atoms with van der Waals surface area (Å²) in [5, 5.41) is 0. The molecule has 0 aromatic rings. The van der Waals surface area contributed by atoms with Gasteiger partial charge in [0.05, 0.1) is 0 Å². The average Bonchev–Trinajstić information content (AvgIpc) is 2.18. The van der Waals surface area contributed by atoms with Crippen LogP contribution in [0.5, 0.6) is 0 Å². The summed E-state index contributed by atoms with van der Waals surface area (Å²) in [5.41, 5.74) is 6.01. The molecule has 84 valence electrons. The maximum Gasteiger partial charge on any atom is 0.0158 e. The third kappa shape index (κ3) is 3.44. The predicted octanol–water partition coefficient (Wildman–Crippen LogP) is 1.80. The van der Waals surface area contributed by atoms with Crippen LogP contribution in [0.1, 0.15) is 27.2 Å². The van der Waals surface area contributed by atoms with E-state index in [1.165, 1.54) is 31.0 Å². The summed E-state index contributed by atoms with van der Waals surface area (Å²) in [5.74, 6) is 3.16. The molecule has 1 saturated heterocycles. The number of nitrogens with two attached hydrogens (primary N) is 1. The number of hydrogen-bond acceptors (Lipinski definition) is 3. The van der Waals surface area contributed by atoms with Gasteiger partial charge in [-0.2, -0.15) is 11.8 Å². The Morgan fingerprint density at radius 2 is 2.29 bits per heavy atom. The second-order valence-electron chi connectivity index (χ2n) is 4.43. The van der Waals surface area contributed by atoms with Crippen LogP contribution < -0.4 is 5.73 Å². The molecule has 0 amide bonds. The molecular formula is C11H24N2S. The Labute approximate surface area is 92.6 Å². The van der Waals surface area contributed by atoms with Crippen molar-refractivity contribution in [1.29, 1.82) is 0 Å². The smallest absolute Gasteiger partial charge is 0.0158 e. The van der Waals surface area contributed by atoms with Gasteiger partial charge in [-0.1, -0.05) is 13.8 Å². The van der Waals surface area contributed by atoms with Crippen LogP contribution in [0.2, 0.25) is 0 Å². The van der Waals surface area contributed by atoms with Gasteiger partial charge >= 0.3 is 0 Å². The molecule has 3 atom stereocenters. The highest BCUT2D eigenvalue weighted by Crippen LogP contribution is 2.18. The van der Waals surface area contributed by atoms with Crippen LogP contribution in [-0.4, -0.2) is 41.6 Å². The maximum atomic E-state index is 6.01. The van der Waals surface area contributed by atoms with Crippen molar-refractivity contribution in [3.8, 4) is 0 Å². The predicted molar refractivity (Wildman–Crippen MR) is 65.8 cm³/mol. The summed E-state index contributed by atoms with van der Waals surface area (Å²) in [7, 11) is 0. The summed E-state index contributed by atoms with van der Waals surface area (Å²) in [6.07, 6.45) is 1.17. The average molecular weight is 216 g/mol. The van der Waals surface area contributed by atoms with E-state index < -0.39 is 0 Å². The standard InChI is InChI=1S/C11H24N2S/c1-4-14-8-10(3)13-6-5-11(12)9(2)7-13/h9-11H,4-8,12H2,1-3H3. The molecule has 0 bridgehead atoms. The monoisotopic (exact) mass is 216 g/mol. The van der Waals surface area contributed by atoms with Gasteiger partial charge in [0.25, 0.3) is 0 Å². The van der Waals surface area contributed by atoms with E-state index in [1.54, 1.807) is 0 Å². The van der Waals surface area contributed by atoms with Crippen molar-refractivity contribution in [1.82, 2.24) is 4.90 Å². The minimum absolute atomic E-state index is 0.428. The molecule has 2 N–H and O–H groups in total. The molecule has 3 unspecified atom stereocenters. The van der Waals surface area contributed by atoms with E-state index in [2.05, 4.69) is 25.7 Å². The lowest BCUT2D eigenvalue weighted by molar-refractivity contribution is 0.134. The highest BCUT2D eigenvalue weighted by molar-refractivity contribution is 7.99. The maximum absolute atomic E-state index is 6.01. The molecule has 0 aromatic heterocycles. The number of piperidine rings is 1. The first-order valence-electron chi connectivity index (χ1n) is 5.72. The summed E-state index contributed by atoms with van der Waals surface area (Å²) in [4.78, 5) is 2.59. The Kier molecular flexibility index (Phi) is 5.28. The molecular weight excluding hydrogens is 192 g/mol. The summed E-state index contributed by atoms with van der Waals surface area (Å²) < 4.78 is 0. The number of likely N-dealkylation sites (tertiary alicyclic amines) is 1. The third-order valence-corrected chi connectivity index (χ3v) is 4.32. The highest BCUT2D eigenvalue weighted by Gasteiger charge is 2.25. The fourth-order valence-electron chi connectivity index (χ4n) is 1.99. The molecule has 0 aromatic carbocycles. The molecule has 0 saturated carbocycles. The lowest BCUT2D eigenvalue weighted by Gasteiger charge is -2.38. The number of hydrogen-bond donors (Lipinski definition) is 1. The van der Waals surface area contributed by atoms with Gasteiger partial charge in [0, 0.05) is 24.4 Å². The van der Waals surface area contributed by atoms with Gasteiger partial charge in [0.1, 0.15) is 0 Å². The van der Waals surface area contributed by atoms with Crippen molar-refractivity contribution in [2.45, 2.75) is 39.3 Å². The van der Waals surface area contributed by atoms with Crippen LogP contribution in [0.25, 0.3) is 0 Å². The SMILES string of the molecule is CCSCC(C)N1CCC(N)C(C)C1. The Morgan fingerprint density at radius 1 is 1.57 bits per heavy atom. The Bertz CT molecular complexity index is 163. The van der Waals surface area contributed by atoms with Crippen LogP contribution >= 0.6 is 11.8 Å². The fourth-order valence-corrected chi connectivity index (χ4v) is 2.78. The van der Waals surface area contributed by atoms with Crippen molar-refractivity contribution < 1.29 is 0 Å². The Morgan fingerprint density at radius 3 is 2.86 bits per heavy atom. The quantitative estimate of drug-likeness (QED) is 0.777. The lowest BCUT2D eigenvalue weighted by atomic mass is 9.94. The molecule has 3 heteroatoms. The Balaban J connectivity index is 2.30. The molecule has 2 nitrogen and oxygen atoms in total. The molecule has 0 aliphatic carbocycles. The molecule has 0 radical (unpaired) electrons. The van der Waals surface area contributed by atoms with Gasteiger partial charge in [-0.25, -0.2) is 0 Å². The molecule has 1 rings (SSSR count). The molecule has 1 heterocycles. The lowest BCUT2D eigenvalue weighted by Crippen LogP contribution is -2.49. The van der Waals surface area contributed by atoms with Crippen LogP contribution in [0.3, 0.4) is 0 Å². The first-order chi connectivity index (χ1) is 6.65. The largest absolute Gasteiger partial charge is 0.327 e. The van der Waals surface area contributed by atoms with E-state index in [4.69, 9.17) is 5.73 Å². The number of nitrogens with zero attached hydrogens (tertiary/aromatic N) is 1. The molecule has 1 aliphatic rings. The highest BCUT2D eigenvalue weighted by atomic mass is 32.2. The van der Waals surface area contributed by atoms with Gasteiger partial charge in [-0.3, -0.25) is 4.90 Å². The zero-order chi connectivity index (χ0) is 10.6. The number of thioether (sulfide) groups is 1. The third-order valence-electron chi connectivity index (χ3n) is 3.19. The van der Waals surface area contributed by atoms with Crippen molar-refractivity contribution in [3.05, 3.63) is 0 Å². The van der Waals surface area contributed by atoms with Crippen molar-refractivity contribution in [2.24, 2.45) is 11.7 Å². The summed E-state index contributed by atoms with van der Waals surface area (Å²) >= 11 is 2.04. The van der Waals surface area contributed by atoms with Crippen LogP contribution in [-0.2, 0) is 0 Å². The van der Waals surface area contributed by atoms with E-state index >= 15 is 0 Å². The van der Waals surface area contributed by atoms with E-state index in [1.807, 2.05) is 11.8 Å². The first kappa shape index (κ1) is 12.3. The zero-order valence-electron chi connectivity index (χ0n) is 9.70. The molecule has 1 aliphatic heterocycles. The number of rotatable bonds is 4.